The van der Waals surface area contributed by atoms with Gasteiger partial charge in [-0.15, -0.1) is 11.3 Å². The summed E-state index contributed by atoms with van der Waals surface area (Å²) >= 11 is 1.67. The lowest BCUT2D eigenvalue weighted by atomic mass is 9.99. The Balaban J connectivity index is 1.63. The van der Waals surface area contributed by atoms with Crippen LogP contribution in [-0.4, -0.2) is 30.5 Å². The number of benzene rings is 1. The molecule has 0 unspecified atom stereocenters. The van der Waals surface area contributed by atoms with Crippen LogP contribution in [0, 0.1) is 0 Å². The number of nitrogens with one attached hydrogen (secondary N) is 1. The van der Waals surface area contributed by atoms with Gasteiger partial charge in [0.15, 0.2) is 5.76 Å². The lowest BCUT2D eigenvalue weighted by Crippen LogP contribution is -2.32. The maximum atomic E-state index is 12.6. The first-order valence-electron chi connectivity index (χ1n) is 9.22. The molecular weight excluding hydrogens is 362 g/mol. The number of carbonyl (C=O) groups excluding carboxylic acids is 1. The molecule has 0 bridgehead atoms. The summed E-state index contributed by atoms with van der Waals surface area (Å²) in [4.78, 5) is 13.8. The van der Waals surface area contributed by atoms with Crippen LogP contribution in [0.5, 0.6) is 0 Å². The third kappa shape index (κ3) is 5.92. The van der Waals surface area contributed by atoms with E-state index >= 15 is 0 Å². The Labute approximate surface area is 163 Å². The van der Waals surface area contributed by atoms with E-state index in [-0.39, 0.29) is 18.4 Å². The fourth-order valence-corrected chi connectivity index (χ4v) is 3.72. The number of allylic oxidation sites excluding steroid dienone is 1. The van der Waals surface area contributed by atoms with Crippen LogP contribution in [0.3, 0.4) is 0 Å². The first kappa shape index (κ1) is 19.6. The first-order valence-corrected chi connectivity index (χ1v) is 10.1. The van der Waals surface area contributed by atoms with Crippen molar-refractivity contribution >= 4 is 17.2 Å². The van der Waals surface area contributed by atoms with Crippen molar-refractivity contribution in [2.24, 2.45) is 0 Å². The van der Waals surface area contributed by atoms with E-state index in [1.807, 2.05) is 47.9 Å². The Morgan fingerprint density at radius 3 is 2.81 bits per heavy atom. The van der Waals surface area contributed by atoms with E-state index in [4.69, 9.17) is 14.6 Å². The third-order valence-corrected chi connectivity index (χ3v) is 5.35. The summed E-state index contributed by atoms with van der Waals surface area (Å²) in [5.74, 6) is 0.172. The highest BCUT2D eigenvalue weighted by Crippen LogP contribution is 2.33. The topological polar surface area (TPSA) is 67.8 Å². The number of unbranched alkanes of at least 4 members (excludes halogenated alkanes) is 1. The summed E-state index contributed by atoms with van der Waals surface area (Å²) in [7, 11) is 0. The SMILES string of the molecule is O=C(NCc1ccccc1)C1=C[C@@H](c2cccs2)C[C@@H](OCCCCO)O1. The minimum Gasteiger partial charge on any atom is -0.459 e. The van der Waals surface area contributed by atoms with Crippen LogP contribution in [0.1, 0.15) is 35.6 Å². The fraction of sp³-hybridized carbons (Fsp3) is 0.381. The van der Waals surface area contributed by atoms with Crippen LogP contribution >= 0.6 is 11.3 Å². The quantitative estimate of drug-likeness (QED) is 0.646. The zero-order valence-electron chi connectivity index (χ0n) is 15.2. The number of amides is 1. The van der Waals surface area contributed by atoms with Gasteiger partial charge in [0.1, 0.15) is 0 Å². The van der Waals surface area contributed by atoms with Crippen molar-refractivity contribution < 1.29 is 19.4 Å². The van der Waals surface area contributed by atoms with E-state index in [0.29, 0.717) is 31.8 Å². The van der Waals surface area contributed by atoms with E-state index in [1.165, 1.54) is 4.88 Å². The Hall–Kier alpha value is -2.15. The predicted molar refractivity (Wildman–Crippen MR) is 105 cm³/mol. The number of ether oxygens (including phenoxy) is 2. The highest BCUT2D eigenvalue weighted by Gasteiger charge is 2.29. The van der Waals surface area contributed by atoms with Gasteiger partial charge in [-0.1, -0.05) is 36.4 Å². The molecule has 5 nitrogen and oxygen atoms in total. The van der Waals surface area contributed by atoms with Gasteiger partial charge < -0.3 is 19.9 Å². The van der Waals surface area contributed by atoms with E-state index in [1.54, 1.807) is 11.3 Å². The second-order valence-electron chi connectivity index (χ2n) is 6.41. The number of aliphatic hydroxyl groups excluding tert-OH is 1. The Morgan fingerprint density at radius 2 is 2.07 bits per heavy atom. The lowest BCUT2D eigenvalue weighted by Gasteiger charge is -2.28. The van der Waals surface area contributed by atoms with E-state index in [0.717, 1.165) is 12.0 Å². The van der Waals surface area contributed by atoms with Gasteiger partial charge in [0.2, 0.25) is 6.29 Å². The number of hydrogen-bond donors (Lipinski definition) is 2. The minimum atomic E-state index is -0.460. The van der Waals surface area contributed by atoms with Crippen LogP contribution < -0.4 is 5.32 Å². The van der Waals surface area contributed by atoms with Crippen LogP contribution in [0.2, 0.25) is 0 Å². The molecule has 27 heavy (non-hydrogen) atoms. The maximum absolute atomic E-state index is 12.6. The van der Waals surface area contributed by atoms with E-state index in [2.05, 4.69) is 11.4 Å². The van der Waals surface area contributed by atoms with Gasteiger partial charge in [-0.05, 0) is 35.9 Å². The Kier molecular flexibility index (Phi) is 7.45. The van der Waals surface area contributed by atoms with Crippen molar-refractivity contribution in [3.8, 4) is 0 Å². The fourth-order valence-electron chi connectivity index (χ4n) is 2.91. The molecule has 2 heterocycles. The maximum Gasteiger partial charge on any atom is 0.286 e. The van der Waals surface area contributed by atoms with Gasteiger partial charge in [0.05, 0.1) is 6.61 Å². The molecule has 1 aromatic heterocycles. The van der Waals surface area contributed by atoms with Gasteiger partial charge in [-0.2, -0.15) is 0 Å². The average molecular weight is 388 g/mol. The van der Waals surface area contributed by atoms with Crippen LogP contribution in [0.15, 0.2) is 59.7 Å². The van der Waals surface area contributed by atoms with Gasteiger partial charge in [-0.25, -0.2) is 0 Å². The molecule has 0 aliphatic carbocycles. The van der Waals surface area contributed by atoms with E-state index in [9.17, 15) is 4.79 Å². The van der Waals surface area contributed by atoms with Crippen LogP contribution in [-0.2, 0) is 20.8 Å². The molecule has 1 aromatic carbocycles. The van der Waals surface area contributed by atoms with Crippen molar-refractivity contribution in [3.05, 3.63) is 70.1 Å². The minimum absolute atomic E-state index is 0.0964. The summed E-state index contributed by atoms with van der Waals surface area (Å²) in [6, 6.07) is 13.9. The number of hydrogen-bond acceptors (Lipinski definition) is 5. The van der Waals surface area contributed by atoms with Gasteiger partial charge in [0.25, 0.3) is 5.91 Å². The van der Waals surface area contributed by atoms with Crippen molar-refractivity contribution in [1.82, 2.24) is 5.32 Å². The molecule has 1 aliphatic heterocycles. The highest BCUT2D eigenvalue weighted by molar-refractivity contribution is 7.10. The monoisotopic (exact) mass is 387 g/mol. The zero-order valence-corrected chi connectivity index (χ0v) is 16.0. The average Bonchev–Trinajstić information content (AvgIpc) is 3.25. The first-order chi connectivity index (χ1) is 13.3. The van der Waals surface area contributed by atoms with Crippen molar-refractivity contribution in [3.63, 3.8) is 0 Å². The summed E-state index contributed by atoms with van der Waals surface area (Å²) in [6.45, 7) is 1.10. The molecule has 1 aliphatic rings. The summed E-state index contributed by atoms with van der Waals surface area (Å²) < 4.78 is 11.6. The van der Waals surface area contributed by atoms with Gasteiger partial charge >= 0.3 is 0 Å². The molecular formula is C21H25NO4S. The number of rotatable bonds is 9. The van der Waals surface area contributed by atoms with Crippen LogP contribution in [0.25, 0.3) is 0 Å². The third-order valence-electron chi connectivity index (χ3n) is 4.34. The molecule has 2 aromatic rings. The summed E-state index contributed by atoms with van der Waals surface area (Å²) in [6.07, 6.45) is 3.56. The predicted octanol–water partition coefficient (Wildman–Crippen LogP) is 3.57. The molecule has 6 heteroatoms. The molecule has 3 rings (SSSR count). The molecule has 2 atom stereocenters. The Bertz CT molecular complexity index is 730. The number of thiophene rings is 1. The second kappa shape index (κ2) is 10.3. The zero-order chi connectivity index (χ0) is 18.9. The molecule has 0 saturated carbocycles. The molecule has 144 valence electrons. The van der Waals surface area contributed by atoms with E-state index < -0.39 is 6.29 Å². The standard InChI is InChI=1S/C21H25NO4S/c23-10-4-5-11-25-20-14-17(19-9-6-12-27-19)13-18(26-20)21(24)22-15-16-7-2-1-3-8-16/h1-3,6-9,12-13,17,20,23H,4-5,10-11,14-15H2,(H,22,24)/t17-,20+/m1/s1. The number of carbonyl (C=O) groups is 1. The second-order valence-corrected chi connectivity index (χ2v) is 7.38. The lowest BCUT2D eigenvalue weighted by molar-refractivity contribution is -0.146. The molecule has 2 N–H and O–H groups in total. The van der Waals surface area contributed by atoms with Crippen molar-refractivity contribution in [2.45, 2.75) is 38.0 Å². The largest absolute Gasteiger partial charge is 0.459 e. The summed E-state index contributed by atoms with van der Waals surface area (Å²) in [5.41, 5.74) is 1.04. The normalized spacial score (nSPS) is 19.2. The molecule has 0 fully saturated rings. The highest BCUT2D eigenvalue weighted by atomic mass is 32.1. The molecule has 0 spiro atoms. The van der Waals surface area contributed by atoms with Crippen LogP contribution in [0.4, 0.5) is 0 Å². The van der Waals surface area contributed by atoms with Gasteiger partial charge in [0, 0.05) is 30.4 Å². The molecule has 1 amide bonds. The smallest absolute Gasteiger partial charge is 0.286 e. The molecule has 0 saturated heterocycles. The van der Waals surface area contributed by atoms with Crippen molar-refractivity contribution in [1.29, 1.82) is 0 Å². The number of aliphatic hydroxyl groups is 1. The summed E-state index contributed by atoms with van der Waals surface area (Å²) in [5, 5.41) is 13.8. The van der Waals surface area contributed by atoms with Crippen molar-refractivity contribution in [2.75, 3.05) is 13.2 Å². The van der Waals surface area contributed by atoms with Gasteiger partial charge in [-0.3, -0.25) is 4.79 Å². The molecule has 0 radical (unpaired) electrons. The Morgan fingerprint density at radius 1 is 1.22 bits per heavy atom.